The fourth-order valence-electron chi connectivity index (χ4n) is 1.56. The van der Waals surface area contributed by atoms with E-state index in [1.807, 2.05) is 19.2 Å². The SMILES string of the molecule is CNc1c(I)cc(/C=C2/NC(=S)NC2=O)cc1I. The molecule has 0 spiro atoms. The maximum atomic E-state index is 11.5. The number of rotatable bonds is 2. The molecule has 1 aromatic carbocycles. The number of hydrogen-bond acceptors (Lipinski definition) is 3. The maximum absolute atomic E-state index is 11.5. The molecule has 4 nitrogen and oxygen atoms in total. The van der Waals surface area contributed by atoms with Gasteiger partial charge in [0.2, 0.25) is 0 Å². The van der Waals surface area contributed by atoms with Crippen molar-refractivity contribution < 1.29 is 4.79 Å². The molecule has 1 aliphatic heterocycles. The Kier molecular flexibility index (Phi) is 4.43. The van der Waals surface area contributed by atoms with Crippen molar-refractivity contribution in [2.45, 2.75) is 0 Å². The summed E-state index contributed by atoms with van der Waals surface area (Å²) in [6, 6.07) is 4.02. The number of benzene rings is 1. The molecular weight excluding hydrogens is 476 g/mol. The van der Waals surface area contributed by atoms with Gasteiger partial charge in [-0.25, -0.2) is 0 Å². The smallest absolute Gasteiger partial charge is 0.273 e. The molecule has 1 aromatic rings. The van der Waals surface area contributed by atoms with Crippen molar-refractivity contribution in [3.05, 3.63) is 30.5 Å². The Hall–Kier alpha value is -0.420. The van der Waals surface area contributed by atoms with Crippen molar-refractivity contribution in [3.63, 3.8) is 0 Å². The number of nitrogens with one attached hydrogen (secondary N) is 3. The molecule has 1 fully saturated rings. The quantitative estimate of drug-likeness (QED) is 0.342. The standard InChI is InChI=1S/C11H9I2N3OS/c1-14-9-6(12)2-5(3-7(9)13)4-8-10(17)16-11(18)15-8/h2-4,14H,1H3,(H2,15,16,17,18)/b8-4+. The minimum Gasteiger partial charge on any atom is -0.386 e. The zero-order valence-corrected chi connectivity index (χ0v) is 14.4. The van der Waals surface area contributed by atoms with Gasteiger partial charge >= 0.3 is 0 Å². The highest BCUT2D eigenvalue weighted by molar-refractivity contribution is 14.1. The molecule has 7 heteroatoms. The molecule has 0 saturated carbocycles. The van der Waals surface area contributed by atoms with Crippen molar-refractivity contribution in [3.8, 4) is 0 Å². The lowest BCUT2D eigenvalue weighted by atomic mass is 10.1. The summed E-state index contributed by atoms with van der Waals surface area (Å²) in [5, 5.41) is 8.87. The van der Waals surface area contributed by atoms with Gasteiger partial charge in [0.05, 0.1) is 5.69 Å². The van der Waals surface area contributed by atoms with E-state index >= 15 is 0 Å². The molecule has 1 amide bonds. The Morgan fingerprint density at radius 2 is 1.89 bits per heavy atom. The molecule has 0 radical (unpaired) electrons. The van der Waals surface area contributed by atoms with Crippen LogP contribution in [0.15, 0.2) is 17.8 Å². The van der Waals surface area contributed by atoms with Crippen LogP contribution in [0.25, 0.3) is 6.08 Å². The van der Waals surface area contributed by atoms with Gasteiger partial charge in [0.15, 0.2) is 5.11 Å². The molecule has 3 N–H and O–H groups in total. The van der Waals surface area contributed by atoms with Crippen molar-refractivity contribution >= 4 is 80.2 Å². The van der Waals surface area contributed by atoms with Gasteiger partial charge in [0.1, 0.15) is 5.70 Å². The van der Waals surface area contributed by atoms with Crippen LogP contribution in [0.1, 0.15) is 5.56 Å². The summed E-state index contributed by atoms with van der Waals surface area (Å²) in [6.07, 6.45) is 1.79. The monoisotopic (exact) mass is 485 g/mol. The highest BCUT2D eigenvalue weighted by Crippen LogP contribution is 2.27. The van der Waals surface area contributed by atoms with Gasteiger partial charge in [-0.15, -0.1) is 0 Å². The van der Waals surface area contributed by atoms with Crippen LogP contribution in [0.5, 0.6) is 0 Å². The van der Waals surface area contributed by atoms with E-state index in [1.54, 1.807) is 6.08 Å². The normalized spacial score (nSPS) is 16.7. The molecule has 2 rings (SSSR count). The lowest BCUT2D eigenvalue weighted by molar-refractivity contribution is -0.115. The molecule has 0 unspecified atom stereocenters. The van der Waals surface area contributed by atoms with E-state index in [2.05, 4.69) is 61.1 Å². The summed E-state index contributed by atoms with van der Waals surface area (Å²) in [4.78, 5) is 11.5. The summed E-state index contributed by atoms with van der Waals surface area (Å²) in [6.45, 7) is 0. The van der Waals surface area contributed by atoms with Crippen LogP contribution in [-0.2, 0) is 4.79 Å². The van der Waals surface area contributed by atoms with E-state index < -0.39 is 0 Å². The molecule has 0 aromatic heterocycles. The first-order valence-electron chi connectivity index (χ1n) is 5.02. The Morgan fingerprint density at radius 1 is 1.28 bits per heavy atom. The highest BCUT2D eigenvalue weighted by Gasteiger charge is 2.20. The zero-order chi connectivity index (χ0) is 13.3. The Balaban J connectivity index is 2.39. The third kappa shape index (κ3) is 2.94. The summed E-state index contributed by atoms with van der Waals surface area (Å²) >= 11 is 9.41. The summed E-state index contributed by atoms with van der Waals surface area (Å²) in [7, 11) is 1.89. The van der Waals surface area contributed by atoms with Crippen LogP contribution in [0, 0.1) is 7.14 Å². The van der Waals surface area contributed by atoms with Gasteiger partial charge in [-0.2, -0.15) is 0 Å². The molecule has 94 valence electrons. The average Bonchev–Trinajstić information content (AvgIpc) is 2.57. The van der Waals surface area contributed by atoms with E-state index in [-0.39, 0.29) is 5.91 Å². The number of amides is 1. The predicted octanol–water partition coefficient (Wildman–Crippen LogP) is 2.28. The number of hydrogen-bond donors (Lipinski definition) is 3. The van der Waals surface area contributed by atoms with E-state index in [0.29, 0.717) is 10.8 Å². The first-order valence-corrected chi connectivity index (χ1v) is 7.58. The number of carbonyl (C=O) groups is 1. The average molecular weight is 485 g/mol. The Labute approximate surface area is 137 Å². The van der Waals surface area contributed by atoms with Crippen molar-refractivity contribution in [1.82, 2.24) is 10.6 Å². The second-order valence-corrected chi connectivity index (χ2v) is 6.31. The minimum absolute atomic E-state index is 0.192. The van der Waals surface area contributed by atoms with Crippen LogP contribution >= 0.6 is 57.4 Å². The van der Waals surface area contributed by atoms with E-state index in [0.717, 1.165) is 18.4 Å². The molecule has 1 aliphatic rings. The Bertz CT molecular complexity index is 548. The molecule has 1 saturated heterocycles. The number of halogens is 2. The first-order chi connectivity index (χ1) is 8.51. The summed E-state index contributed by atoms with van der Waals surface area (Å²) < 4.78 is 2.21. The lowest BCUT2D eigenvalue weighted by Gasteiger charge is -2.08. The second-order valence-electron chi connectivity index (χ2n) is 3.58. The number of anilines is 1. The lowest BCUT2D eigenvalue weighted by Crippen LogP contribution is -2.21. The third-order valence-corrected chi connectivity index (χ3v) is 4.25. The van der Waals surface area contributed by atoms with Crippen molar-refractivity contribution in [1.29, 1.82) is 0 Å². The summed E-state index contributed by atoms with van der Waals surface area (Å²) in [5.41, 5.74) is 2.53. The van der Waals surface area contributed by atoms with Crippen LogP contribution < -0.4 is 16.0 Å². The first kappa shape index (κ1) is 14.0. The van der Waals surface area contributed by atoms with E-state index in [4.69, 9.17) is 12.2 Å². The molecule has 18 heavy (non-hydrogen) atoms. The van der Waals surface area contributed by atoms with E-state index in [9.17, 15) is 4.79 Å². The molecule has 0 aliphatic carbocycles. The number of thiocarbonyl (C=S) groups is 1. The Morgan fingerprint density at radius 3 is 2.33 bits per heavy atom. The van der Waals surface area contributed by atoms with E-state index in [1.165, 1.54) is 0 Å². The number of carbonyl (C=O) groups excluding carboxylic acids is 1. The molecular formula is C11H9I2N3OS. The van der Waals surface area contributed by atoms with Gasteiger partial charge in [0.25, 0.3) is 5.91 Å². The van der Waals surface area contributed by atoms with Crippen LogP contribution in [0.4, 0.5) is 5.69 Å². The fourth-order valence-corrected chi connectivity index (χ4v) is 4.12. The second kappa shape index (κ2) is 5.70. The largest absolute Gasteiger partial charge is 0.386 e. The summed E-state index contributed by atoms with van der Waals surface area (Å²) in [5.74, 6) is -0.192. The fraction of sp³-hybridized carbons (Fsp3) is 0.0909. The third-order valence-electron chi connectivity index (χ3n) is 2.35. The minimum atomic E-state index is -0.192. The zero-order valence-electron chi connectivity index (χ0n) is 9.30. The van der Waals surface area contributed by atoms with Gasteiger partial charge in [-0.1, -0.05) is 0 Å². The van der Waals surface area contributed by atoms with Crippen LogP contribution in [0.3, 0.4) is 0 Å². The van der Waals surface area contributed by atoms with Gasteiger partial charge in [-0.3, -0.25) is 10.1 Å². The molecule has 0 bridgehead atoms. The van der Waals surface area contributed by atoms with Crippen LogP contribution in [-0.4, -0.2) is 18.1 Å². The van der Waals surface area contributed by atoms with Crippen molar-refractivity contribution in [2.75, 3.05) is 12.4 Å². The van der Waals surface area contributed by atoms with Gasteiger partial charge < -0.3 is 10.6 Å². The van der Waals surface area contributed by atoms with Crippen LogP contribution in [0.2, 0.25) is 0 Å². The predicted molar refractivity (Wildman–Crippen MR) is 93.3 cm³/mol. The van der Waals surface area contributed by atoms with Gasteiger partial charge in [-0.05, 0) is 81.2 Å². The molecule has 1 heterocycles. The highest BCUT2D eigenvalue weighted by atomic mass is 127. The van der Waals surface area contributed by atoms with Gasteiger partial charge in [0, 0.05) is 14.2 Å². The maximum Gasteiger partial charge on any atom is 0.273 e. The topological polar surface area (TPSA) is 53.2 Å². The molecule has 0 atom stereocenters. The van der Waals surface area contributed by atoms with Crippen molar-refractivity contribution in [2.24, 2.45) is 0 Å².